The average molecular weight is 306 g/mol. The molecule has 1 atom stereocenters. The Kier molecular flexibility index (Phi) is 7.18. The molecular formula is C17H22O3S. The van der Waals surface area contributed by atoms with Gasteiger partial charge in [0.15, 0.2) is 4.93 Å². The van der Waals surface area contributed by atoms with Crippen molar-refractivity contribution in [1.82, 2.24) is 0 Å². The Hall–Kier alpha value is -1.60. The van der Waals surface area contributed by atoms with E-state index in [2.05, 4.69) is 18.8 Å². The SMILES string of the molecule is CC#CCOc1ccc(SC(C)(CCC)OC(C)=O)cc1. The van der Waals surface area contributed by atoms with Crippen LogP contribution in [-0.4, -0.2) is 17.5 Å². The minimum Gasteiger partial charge on any atom is -0.481 e. The molecule has 3 nitrogen and oxygen atoms in total. The summed E-state index contributed by atoms with van der Waals surface area (Å²) < 4.78 is 10.9. The van der Waals surface area contributed by atoms with Crippen molar-refractivity contribution in [2.45, 2.75) is 50.4 Å². The maximum absolute atomic E-state index is 11.3. The van der Waals surface area contributed by atoms with Gasteiger partial charge in [0.1, 0.15) is 12.4 Å². The average Bonchev–Trinajstić information content (AvgIpc) is 2.40. The van der Waals surface area contributed by atoms with E-state index < -0.39 is 4.93 Å². The molecule has 0 aliphatic carbocycles. The zero-order valence-corrected chi connectivity index (χ0v) is 13.9. The zero-order valence-electron chi connectivity index (χ0n) is 13.1. The van der Waals surface area contributed by atoms with Crippen LogP contribution in [0.15, 0.2) is 29.2 Å². The minimum atomic E-state index is -0.531. The summed E-state index contributed by atoms with van der Waals surface area (Å²) in [5.74, 6) is 6.17. The van der Waals surface area contributed by atoms with Gasteiger partial charge in [-0.3, -0.25) is 4.79 Å². The number of carbonyl (C=O) groups excluding carboxylic acids is 1. The molecule has 1 unspecified atom stereocenters. The Balaban J connectivity index is 2.70. The highest BCUT2D eigenvalue weighted by Gasteiger charge is 2.28. The standard InChI is InChI=1S/C17H22O3S/c1-5-7-13-19-15-8-10-16(11-9-15)21-17(4,12-6-2)20-14(3)18/h8-11H,6,12-13H2,1-4H3. The van der Waals surface area contributed by atoms with Gasteiger partial charge in [0.25, 0.3) is 0 Å². The maximum atomic E-state index is 11.3. The smallest absolute Gasteiger partial charge is 0.304 e. The van der Waals surface area contributed by atoms with Crippen molar-refractivity contribution >= 4 is 17.7 Å². The Morgan fingerprint density at radius 2 is 2.00 bits per heavy atom. The minimum absolute atomic E-state index is 0.253. The van der Waals surface area contributed by atoms with E-state index >= 15 is 0 Å². The normalized spacial score (nSPS) is 12.8. The summed E-state index contributed by atoms with van der Waals surface area (Å²) in [6.07, 6.45) is 1.76. The van der Waals surface area contributed by atoms with Crippen LogP contribution in [0.5, 0.6) is 5.75 Å². The van der Waals surface area contributed by atoms with Gasteiger partial charge in [-0.15, -0.1) is 5.92 Å². The fraction of sp³-hybridized carbons (Fsp3) is 0.471. The lowest BCUT2D eigenvalue weighted by atomic mass is 10.2. The Morgan fingerprint density at radius 1 is 1.33 bits per heavy atom. The summed E-state index contributed by atoms with van der Waals surface area (Å²) in [7, 11) is 0. The van der Waals surface area contributed by atoms with Gasteiger partial charge >= 0.3 is 5.97 Å². The summed E-state index contributed by atoms with van der Waals surface area (Å²) in [6, 6.07) is 7.74. The van der Waals surface area contributed by atoms with Crippen molar-refractivity contribution in [3.05, 3.63) is 24.3 Å². The number of hydrogen-bond donors (Lipinski definition) is 0. The van der Waals surface area contributed by atoms with E-state index in [1.807, 2.05) is 31.2 Å². The van der Waals surface area contributed by atoms with Gasteiger partial charge in [0, 0.05) is 11.8 Å². The summed E-state index contributed by atoms with van der Waals surface area (Å²) >= 11 is 1.55. The Labute approximate surface area is 131 Å². The first-order chi connectivity index (χ1) is 9.99. The molecule has 0 bridgehead atoms. The van der Waals surface area contributed by atoms with Crippen LogP contribution in [0.4, 0.5) is 0 Å². The van der Waals surface area contributed by atoms with Gasteiger partial charge < -0.3 is 9.47 Å². The van der Waals surface area contributed by atoms with Crippen LogP contribution in [-0.2, 0) is 9.53 Å². The monoisotopic (exact) mass is 306 g/mol. The predicted molar refractivity (Wildman–Crippen MR) is 86.3 cm³/mol. The zero-order chi connectivity index (χ0) is 15.7. The topological polar surface area (TPSA) is 35.5 Å². The van der Waals surface area contributed by atoms with E-state index in [1.54, 1.807) is 18.7 Å². The molecule has 0 spiro atoms. The van der Waals surface area contributed by atoms with E-state index in [0.29, 0.717) is 6.61 Å². The van der Waals surface area contributed by atoms with Crippen molar-refractivity contribution in [1.29, 1.82) is 0 Å². The van der Waals surface area contributed by atoms with E-state index in [4.69, 9.17) is 9.47 Å². The van der Waals surface area contributed by atoms with Crippen LogP contribution < -0.4 is 4.74 Å². The van der Waals surface area contributed by atoms with E-state index in [9.17, 15) is 4.79 Å². The van der Waals surface area contributed by atoms with Crippen molar-refractivity contribution in [3.63, 3.8) is 0 Å². The predicted octanol–water partition coefficient (Wildman–Crippen LogP) is 4.26. The van der Waals surface area contributed by atoms with Crippen LogP contribution in [0.25, 0.3) is 0 Å². The van der Waals surface area contributed by atoms with Crippen LogP contribution in [0, 0.1) is 11.8 Å². The molecule has 0 heterocycles. The van der Waals surface area contributed by atoms with Crippen LogP contribution in [0.1, 0.15) is 40.5 Å². The van der Waals surface area contributed by atoms with Crippen LogP contribution in [0.2, 0.25) is 0 Å². The molecule has 0 aromatic heterocycles. The number of hydrogen-bond acceptors (Lipinski definition) is 4. The third-order valence-corrected chi connectivity index (χ3v) is 3.94. The molecule has 1 aromatic carbocycles. The highest BCUT2D eigenvalue weighted by molar-refractivity contribution is 8.00. The second-order valence-electron chi connectivity index (χ2n) is 4.77. The largest absolute Gasteiger partial charge is 0.481 e. The molecule has 0 fully saturated rings. The molecule has 0 radical (unpaired) electrons. The van der Waals surface area contributed by atoms with Crippen molar-refractivity contribution in [2.75, 3.05) is 6.61 Å². The van der Waals surface area contributed by atoms with E-state index in [1.165, 1.54) is 6.92 Å². The number of thioether (sulfide) groups is 1. The highest BCUT2D eigenvalue weighted by Crippen LogP contribution is 2.38. The summed E-state index contributed by atoms with van der Waals surface area (Å²) in [4.78, 5) is 11.8. The molecule has 0 saturated carbocycles. The molecule has 0 saturated heterocycles. The first kappa shape index (κ1) is 17.5. The second kappa shape index (κ2) is 8.63. The Morgan fingerprint density at radius 3 is 2.52 bits per heavy atom. The number of ether oxygens (including phenoxy) is 2. The Bertz CT molecular complexity index is 513. The fourth-order valence-electron chi connectivity index (χ4n) is 1.93. The molecule has 0 N–H and O–H groups in total. The third kappa shape index (κ3) is 6.59. The van der Waals surface area contributed by atoms with Gasteiger partial charge in [0.2, 0.25) is 0 Å². The van der Waals surface area contributed by atoms with Crippen molar-refractivity contribution in [3.8, 4) is 17.6 Å². The molecule has 1 aromatic rings. The van der Waals surface area contributed by atoms with Gasteiger partial charge in [-0.05, 0) is 44.5 Å². The molecule has 0 aliphatic rings. The fourth-order valence-corrected chi connectivity index (χ4v) is 3.16. The van der Waals surface area contributed by atoms with Crippen LogP contribution >= 0.6 is 11.8 Å². The van der Waals surface area contributed by atoms with Crippen LogP contribution in [0.3, 0.4) is 0 Å². The lowest BCUT2D eigenvalue weighted by Gasteiger charge is -2.28. The summed E-state index contributed by atoms with van der Waals surface area (Å²) in [6.45, 7) is 7.65. The summed E-state index contributed by atoms with van der Waals surface area (Å²) in [5.41, 5.74) is 0. The maximum Gasteiger partial charge on any atom is 0.304 e. The van der Waals surface area contributed by atoms with E-state index in [-0.39, 0.29) is 5.97 Å². The first-order valence-electron chi connectivity index (χ1n) is 7.00. The third-order valence-electron chi connectivity index (χ3n) is 2.71. The van der Waals surface area contributed by atoms with Gasteiger partial charge in [-0.25, -0.2) is 0 Å². The second-order valence-corrected chi connectivity index (χ2v) is 6.31. The lowest BCUT2D eigenvalue weighted by Crippen LogP contribution is -2.26. The molecule has 1 rings (SSSR count). The molecular weight excluding hydrogens is 284 g/mol. The van der Waals surface area contributed by atoms with E-state index in [0.717, 1.165) is 23.5 Å². The first-order valence-corrected chi connectivity index (χ1v) is 7.82. The van der Waals surface area contributed by atoms with Gasteiger partial charge in [-0.1, -0.05) is 31.0 Å². The molecule has 114 valence electrons. The van der Waals surface area contributed by atoms with Gasteiger partial charge in [0.05, 0.1) is 0 Å². The number of carbonyl (C=O) groups is 1. The van der Waals surface area contributed by atoms with Crippen molar-refractivity contribution < 1.29 is 14.3 Å². The number of rotatable bonds is 7. The molecule has 0 amide bonds. The lowest BCUT2D eigenvalue weighted by molar-refractivity contribution is -0.148. The molecule has 0 aliphatic heterocycles. The van der Waals surface area contributed by atoms with Crippen molar-refractivity contribution in [2.24, 2.45) is 0 Å². The molecule has 21 heavy (non-hydrogen) atoms. The highest BCUT2D eigenvalue weighted by atomic mass is 32.2. The quantitative estimate of drug-likeness (QED) is 0.326. The number of benzene rings is 1. The van der Waals surface area contributed by atoms with Gasteiger partial charge in [-0.2, -0.15) is 0 Å². The number of esters is 1. The molecule has 4 heteroatoms. The summed E-state index contributed by atoms with van der Waals surface area (Å²) in [5, 5.41) is 0.